The summed E-state index contributed by atoms with van der Waals surface area (Å²) >= 11 is 0. The molecule has 0 saturated heterocycles. The van der Waals surface area contributed by atoms with Crippen molar-refractivity contribution >= 4 is 11.8 Å². The molecule has 1 rings (SSSR count). The van der Waals surface area contributed by atoms with Crippen LogP contribution in [-0.4, -0.2) is 25.0 Å². The van der Waals surface area contributed by atoms with E-state index in [0.717, 1.165) is 12.8 Å². The van der Waals surface area contributed by atoms with E-state index in [1.165, 1.54) is 64.2 Å². The molecule has 0 aromatic heterocycles. The zero-order valence-corrected chi connectivity index (χ0v) is 18.5. The summed E-state index contributed by atoms with van der Waals surface area (Å²) in [5, 5.41) is 0. The maximum Gasteiger partial charge on any atom is 0.313 e. The molecule has 0 spiro atoms. The van der Waals surface area contributed by atoms with E-state index in [1.807, 2.05) is 6.07 Å². The Bertz CT molecular complexity index is 568. The van der Waals surface area contributed by atoms with Crippen molar-refractivity contribution in [1.29, 1.82) is 0 Å². The SMILES string of the molecule is CCCCCCCCCCCCCCOc1ccccc1C(=O)CC(=O)OCC. The Morgan fingerprint density at radius 2 is 1.31 bits per heavy atom. The first-order valence-corrected chi connectivity index (χ1v) is 11.6. The van der Waals surface area contributed by atoms with Crippen molar-refractivity contribution < 1.29 is 19.1 Å². The van der Waals surface area contributed by atoms with E-state index in [4.69, 9.17) is 9.47 Å². The van der Waals surface area contributed by atoms with Crippen molar-refractivity contribution in [3.05, 3.63) is 29.8 Å². The predicted octanol–water partition coefficient (Wildman–Crippen LogP) is 6.90. The van der Waals surface area contributed by atoms with Crippen LogP contribution in [0.25, 0.3) is 0 Å². The molecule has 0 atom stereocenters. The summed E-state index contributed by atoms with van der Waals surface area (Å²) in [6.07, 6.45) is 15.4. The highest BCUT2D eigenvalue weighted by Crippen LogP contribution is 2.20. The minimum atomic E-state index is -0.492. The van der Waals surface area contributed by atoms with Crippen LogP contribution in [0.1, 0.15) is 108 Å². The Kier molecular flexibility index (Phi) is 14.8. The molecule has 0 bridgehead atoms. The van der Waals surface area contributed by atoms with Crippen LogP contribution in [0.15, 0.2) is 24.3 Å². The van der Waals surface area contributed by atoms with Gasteiger partial charge in [0.25, 0.3) is 0 Å². The normalized spacial score (nSPS) is 10.7. The lowest BCUT2D eigenvalue weighted by Gasteiger charge is -2.10. The third-order valence-electron chi connectivity index (χ3n) is 5.05. The van der Waals surface area contributed by atoms with Crippen LogP contribution in [0.5, 0.6) is 5.75 Å². The first-order valence-electron chi connectivity index (χ1n) is 11.6. The number of para-hydroxylation sites is 1. The fourth-order valence-corrected chi connectivity index (χ4v) is 3.39. The standard InChI is InChI=1S/C25H40O4/c1-3-5-6-7-8-9-10-11-12-13-14-17-20-29-24-19-16-15-18-22(24)23(26)21-25(27)28-4-2/h15-16,18-19H,3-14,17,20-21H2,1-2H3. The third kappa shape index (κ3) is 12.4. The smallest absolute Gasteiger partial charge is 0.313 e. The molecule has 164 valence electrons. The molecule has 0 unspecified atom stereocenters. The molecule has 0 aliphatic rings. The van der Waals surface area contributed by atoms with Gasteiger partial charge in [0.1, 0.15) is 12.2 Å². The summed E-state index contributed by atoms with van der Waals surface area (Å²) in [4.78, 5) is 23.8. The van der Waals surface area contributed by atoms with Gasteiger partial charge in [-0.15, -0.1) is 0 Å². The number of benzene rings is 1. The van der Waals surface area contributed by atoms with Crippen LogP contribution in [-0.2, 0) is 9.53 Å². The van der Waals surface area contributed by atoms with Crippen molar-refractivity contribution in [3.63, 3.8) is 0 Å². The topological polar surface area (TPSA) is 52.6 Å². The van der Waals surface area contributed by atoms with E-state index >= 15 is 0 Å². The van der Waals surface area contributed by atoms with Gasteiger partial charge in [-0.2, -0.15) is 0 Å². The Morgan fingerprint density at radius 3 is 1.90 bits per heavy atom. The Balaban J connectivity index is 2.13. The van der Waals surface area contributed by atoms with Gasteiger partial charge >= 0.3 is 5.97 Å². The van der Waals surface area contributed by atoms with Gasteiger partial charge in [-0.05, 0) is 25.5 Å². The molecule has 4 nitrogen and oxygen atoms in total. The fraction of sp³-hybridized carbons (Fsp3) is 0.680. The lowest BCUT2D eigenvalue weighted by molar-refractivity contribution is -0.141. The molecule has 0 radical (unpaired) electrons. The second-order valence-electron chi connectivity index (χ2n) is 7.64. The van der Waals surface area contributed by atoms with Crippen LogP contribution in [0.2, 0.25) is 0 Å². The molecule has 0 amide bonds. The number of hydrogen-bond acceptors (Lipinski definition) is 4. The van der Waals surface area contributed by atoms with Gasteiger partial charge < -0.3 is 9.47 Å². The number of esters is 1. The summed E-state index contributed by atoms with van der Waals surface area (Å²) in [5.74, 6) is -0.188. The average Bonchev–Trinajstić information content (AvgIpc) is 2.72. The molecule has 0 N–H and O–H groups in total. The second kappa shape index (κ2) is 17.1. The molecule has 29 heavy (non-hydrogen) atoms. The van der Waals surface area contributed by atoms with Crippen molar-refractivity contribution in [3.8, 4) is 5.75 Å². The zero-order valence-electron chi connectivity index (χ0n) is 18.5. The Hall–Kier alpha value is -1.84. The molecular weight excluding hydrogens is 364 g/mol. The summed E-state index contributed by atoms with van der Waals surface area (Å²) in [7, 11) is 0. The van der Waals surface area contributed by atoms with Crippen LogP contribution < -0.4 is 4.74 Å². The molecule has 0 fully saturated rings. The number of carbonyl (C=O) groups excluding carboxylic acids is 2. The van der Waals surface area contributed by atoms with E-state index in [1.54, 1.807) is 25.1 Å². The molecule has 0 aliphatic carbocycles. The van der Waals surface area contributed by atoms with E-state index in [2.05, 4.69) is 6.92 Å². The monoisotopic (exact) mass is 404 g/mol. The van der Waals surface area contributed by atoms with Gasteiger partial charge in [0.05, 0.1) is 18.8 Å². The second-order valence-corrected chi connectivity index (χ2v) is 7.64. The maximum atomic E-state index is 12.3. The molecule has 0 aliphatic heterocycles. The Morgan fingerprint density at radius 1 is 0.759 bits per heavy atom. The molecule has 4 heteroatoms. The van der Waals surface area contributed by atoms with Crippen LogP contribution in [0.3, 0.4) is 0 Å². The molecule has 1 aromatic rings. The largest absolute Gasteiger partial charge is 0.493 e. The highest BCUT2D eigenvalue weighted by atomic mass is 16.5. The van der Waals surface area contributed by atoms with Gasteiger partial charge in [-0.1, -0.05) is 89.7 Å². The molecular formula is C25H40O4. The van der Waals surface area contributed by atoms with E-state index in [0.29, 0.717) is 17.9 Å². The van der Waals surface area contributed by atoms with Crippen molar-refractivity contribution in [2.24, 2.45) is 0 Å². The van der Waals surface area contributed by atoms with Crippen molar-refractivity contribution in [1.82, 2.24) is 0 Å². The predicted molar refractivity (Wildman–Crippen MR) is 119 cm³/mol. The average molecular weight is 405 g/mol. The molecule has 0 saturated carbocycles. The van der Waals surface area contributed by atoms with Gasteiger partial charge in [-0.25, -0.2) is 0 Å². The van der Waals surface area contributed by atoms with Gasteiger partial charge in [0, 0.05) is 0 Å². The van der Waals surface area contributed by atoms with Crippen molar-refractivity contribution in [2.45, 2.75) is 97.3 Å². The lowest BCUT2D eigenvalue weighted by atomic mass is 10.1. The molecule has 0 heterocycles. The summed E-state index contributed by atoms with van der Waals surface area (Å²) < 4.78 is 10.7. The minimum Gasteiger partial charge on any atom is -0.493 e. The van der Waals surface area contributed by atoms with E-state index in [9.17, 15) is 9.59 Å². The lowest BCUT2D eigenvalue weighted by Crippen LogP contribution is -2.12. The zero-order chi connectivity index (χ0) is 21.2. The first kappa shape index (κ1) is 25.2. The van der Waals surface area contributed by atoms with Gasteiger partial charge in [-0.3, -0.25) is 9.59 Å². The quantitative estimate of drug-likeness (QED) is 0.115. The summed E-state index contributed by atoms with van der Waals surface area (Å²) in [6, 6.07) is 7.13. The number of carbonyl (C=O) groups is 2. The number of ketones is 1. The minimum absolute atomic E-state index is 0.243. The number of hydrogen-bond donors (Lipinski definition) is 0. The number of Topliss-reactive ketones (excluding diaryl/α,β-unsaturated/α-hetero) is 1. The van der Waals surface area contributed by atoms with E-state index < -0.39 is 5.97 Å². The van der Waals surface area contributed by atoms with Crippen LogP contribution in [0.4, 0.5) is 0 Å². The Labute approximate surface area is 177 Å². The molecule has 1 aromatic carbocycles. The number of ether oxygens (including phenoxy) is 2. The number of rotatable bonds is 18. The summed E-state index contributed by atoms with van der Waals surface area (Å²) in [5.41, 5.74) is 0.458. The van der Waals surface area contributed by atoms with Crippen LogP contribution >= 0.6 is 0 Å². The van der Waals surface area contributed by atoms with Crippen molar-refractivity contribution in [2.75, 3.05) is 13.2 Å². The van der Waals surface area contributed by atoms with Gasteiger partial charge in [0.2, 0.25) is 0 Å². The summed E-state index contributed by atoms with van der Waals surface area (Å²) in [6.45, 7) is 4.87. The highest BCUT2D eigenvalue weighted by Gasteiger charge is 2.16. The first-order chi connectivity index (χ1) is 14.2. The highest BCUT2D eigenvalue weighted by molar-refractivity contribution is 6.07. The van der Waals surface area contributed by atoms with E-state index in [-0.39, 0.29) is 18.8 Å². The van der Waals surface area contributed by atoms with Crippen LogP contribution in [0, 0.1) is 0 Å². The number of unbranched alkanes of at least 4 members (excludes halogenated alkanes) is 11. The third-order valence-corrected chi connectivity index (χ3v) is 5.05. The van der Waals surface area contributed by atoms with Gasteiger partial charge in [0.15, 0.2) is 5.78 Å². The maximum absolute atomic E-state index is 12.3. The fourth-order valence-electron chi connectivity index (χ4n) is 3.39.